The molecule has 0 spiro atoms. The number of nitrogens with two attached hydrogens (primary N) is 1. The summed E-state index contributed by atoms with van der Waals surface area (Å²) in [6.07, 6.45) is -0.943. The molecular formula is C12H15Cl3F2N2O. The van der Waals surface area contributed by atoms with Crippen LogP contribution in [0.25, 0.3) is 0 Å². The second kappa shape index (κ2) is 7.09. The fourth-order valence-electron chi connectivity index (χ4n) is 1.47. The molecule has 3 nitrogen and oxygen atoms in total. The SMILES string of the molecule is CC(CNCC(O)c1cc(Cl)c(N)c(Cl)c1)C(F)(F)Cl. The molecule has 2 unspecified atom stereocenters. The summed E-state index contributed by atoms with van der Waals surface area (Å²) in [6, 6.07) is 2.96. The number of benzene rings is 1. The molecule has 4 N–H and O–H groups in total. The minimum absolute atomic E-state index is 0.0377. The van der Waals surface area contributed by atoms with Crippen molar-refractivity contribution in [3.63, 3.8) is 0 Å². The standard InChI is InChI=1S/C12H15Cl3F2N2O/c1-6(12(15,16)17)4-19-5-10(20)7-2-8(13)11(18)9(14)3-7/h2-3,6,10,19-20H,4-5,18H2,1H3. The number of aliphatic hydroxyl groups excluding tert-OH is 1. The van der Waals surface area contributed by atoms with Crippen molar-refractivity contribution < 1.29 is 13.9 Å². The number of nitrogens with one attached hydrogen (secondary N) is 1. The Hall–Kier alpha value is -0.330. The van der Waals surface area contributed by atoms with Gasteiger partial charge in [-0.25, -0.2) is 0 Å². The Labute approximate surface area is 131 Å². The summed E-state index contributed by atoms with van der Waals surface area (Å²) >= 11 is 16.6. The fourth-order valence-corrected chi connectivity index (χ4v) is 2.05. The van der Waals surface area contributed by atoms with Gasteiger partial charge < -0.3 is 16.2 Å². The molecule has 0 fully saturated rings. The van der Waals surface area contributed by atoms with E-state index in [1.54, 1.807) is 0 Å². The first-order valence-electron chi connectivity index (χ1n) is 5.82. The maximum atomic E-state index is 12.7. The van der Waals surface area contributed by atoms with Crippen LogP contribution in [0.2, 0.25) is 10.0 Å². The summed E-state index contributed by atoms with van der Waals surface area (Å²) in [5.41, 5.74) is 6.26. The highest BCUT2D eigenvalue weighted by atomic mass is 35.5. The van der Waals surface area contributed by atoms with Crippen LogP contribution in [0.5, 0.6) is 0 Å². The highest BCUT2D eigenvalue weighted by molar-refractivity contribution is 6.38. The van der Waals surface area contributed by atoms with Crippen molar-refractivity contribution in [1.82, 2.24) is 5.32 Å². The third kappa shape index (κ3) is 4.90. The van der Waals surface area contributed by atoms with E-state index < -0.39 is 17.4 Å². The van der Waals surface area contributed by atoms with Crippen molar-refractivity contribution >= 4 is 40.5 Å². The van der Waals surface area contributed by atoms with Gasteiger partial charge in [0.2, 0.25) is 0 Å². The minimum Gasteiger partial charge on any atom is -0.396 e. The lowest BCUT2D eigenvalue weighted by atomic mass is 10.1. The van der Waals surface area contributed by atoms with Gasteiger partial charge in [-0.2, -0.15) is 8.78 Å². The van der Waals surface area contributed by atoms with Crippen LogP contribution in [0.3, 0.4) is 0 Å². The van der Waals surface area contributed by atoms with Crippen molar-refractivity contribution in [3.8, 4) is 0 Å². The molecule has 2 atom stereocenters. The largest absolute Gasteiger partial charge is 0.396 e. The van der Waals surface area contributed by atoms with Crippen molar-refractivity contribution in [3.05, 3.63) is 27.7 Å². The van der Waals surface area contributed by atoms with Crippen LogP contribution in [0.15, 0.2) is 12.1 Å². The van der Waals surface area contributed by atoms with Gasteiger partial charge in [0.25, 0.3) is 0 Å². The molecule has 1 aromatic rings. The molecule has 20 heavy (non-hydrogen) atoms. The maximum Gasteiger partial charge on any atom is 0.325 e. The average molecular weight is 348 g/mol. The Bertz CT molecular complexity index is 446. The zero-order valence-corrected chi connectivity index (χ0v) is 12.9. The van der Waals surface area contributed by atoms with Gasteiger partial charge in [0.1, 0.15) is 0 Å². The van der Waals surface area contributed by atoms with Crippen LogP contribution < -0.4 is 11.1 Å². The predicted molar refractivity (Wildman–Crippen MR) is 78.7 cm³/mol. The van der Waals surface area contributed by atoms with Crippen molar-refractivity contribution in [1.29, 1.82) is 0 Å². The Balaban J connectivity index is 2.58. The van der Waals surface area contributed by atoms with E-state index in [4.69, 9.17) is 40.5 Å². The number of aliphatic hydroxyl groups is 1. The van der Waals surface area contributed by atoms with Gasteiger partial charge >= 0.3 is 5.38 Å². The summed E-state index contributed by atoms with van der Waals surface area (Å²) in [6.45, 7) is 1.33. The lowest BCUT2D eigenvalue weighted by Crippen LogP contribution is -2.33. The first-order valence-corrected chi connectivity index (χ1v) is 6.96. The Morgan fingerprint density at radius 2 is 1.80 bits per heavy atom. The number of rotatable bonds is 6. The monoisotopic (exact) mass is 346 g/mol. The topological polar surface area (TPSA) is 58.3 Å². The molecule has 0 aliphatic rings. The van der Waals surface area contributed by atoms with Gasteiger partial charge in [0.15, 0.2) is 0 Å². The van der Waals surface area contributed by atoms with Gasteiger partial charge in [-0.15, -0.1) is 0 Å². The van der Waals surface area contributed by atoms with E-state index in [0.29, 0.717) is 5.56 Å². The van der Waals surface area contributed by atoms with Gasteiger partial charge in [0, 0.05) is 19.0 Å². The first kappa shape index (κ1) is 17.7. The number of hydrogen-bond donors (Lipinski definition) is 3. The van der Waals surface area contributed by atoms with E-state index in [9.17, 15) is 13.9 Å². The summed E-state index contributed by atoms with van der Waals surface area (Å²) in [7, 11) is 0. The maximum absolute atomic E-state index is 12.7. The molecular weight excluding hydrogens is 332 g/mol. The van der Waals surface area contributed by atoms with E-state index in [-0.39, 0.29) is 28.8 Å². The Morgan fingerprint density at radius 3 is 2.25 bits per heavy atom. The molecule has 0 radical (unpaired) electrons. The van der Waals surface area contributed by atoms with Gasteiger partial charge in [-0.3, -0.25) is 0 Å². The highest BCUT2D eigenvalue weighted by Gasteiger charge is 2.32. The van der Waals surface area contributed by atoms with E-state index in [0.717, 1.165) is 0 Å². The molecule has 0 amide bonds. The number of nitrogen functional groups attached to an aromatic ring is 1. The van der Waals surface area contributed by atoms with Crippen molar-refractivity contribution in [2.24, 2.45) is 5.92 Å². The second-order valence-electron chi connectivity index (χ2n) is 4.51. The zero-order valence-electron chi connectivity index (χ0n) is 10.6. The molecule has 8 heteroatoms. The van der Waals surface area contributed by atoms with Crippen LogP contribution in [-0.4, -0.2) is 23.6 Å². The van der Waals surface area contributed by atoms with Gasteiger partial charge in [-0.1, -0.05) is 30.1 Å². The van der Waals surface area contributed by atoms with Crippen LogP contribution in [-0.2, 0) is 0 Å². The van der Waals surface area contributed by atoms with Crippen molar-refractivity contribution in [2.75, 3.05) is 18.8 Å². The third-order valence-corrected chi connectivity index (χ3v) is 3.83. The predicted octanol–water partition coefficient (Wildman–Crippen LogP) is 3.67. The smallest absolute Gasteiger partial charge is 0.325 e. The molecule has 0 saturated heterocycles. The van der Waals surface area contributed by atoms with E-state index in [2.05, 4.69) is 5.32 Å². The zero-order chi connectivity index (χ0) is 15.5. The Kier molecular flexibility index (Phi) is 6.28. The van der Waals surface area contributed by atoms with Crippen molar-refractivity contribution in [2.45, 2.75) is 18.4 Å². The summed E-state index contributed by atoms with van der Waals surface area (Å²) in [4.78, 5) is 0. The van der Waals surface area contributed by atoms with E-state index in [1.165, 1.54) is 19.1 Å². The average Bonchev–Trinajstić information content (AvgIpc) is 2.33. The molecule has 0 bridgehead atoms. The molecule has 0 aliphatic carbocycles. The van der Waals surface area contributed by atoms with Crippen LogP contribution >= 0.6 is 34.8 Å². The highest BCUT2D eigenvalue weighted by Crippen LogP contribution is 2.31. The van der Waals surface area contributed by atoms with E-state index >= 15 is 0 Å². The van der Waals surface area contributed by atoms with Gasteiger partial charge in [0.05, 0.1) is 21.8 Å². The fraction of sp³-hybridized carbons (Fsp3) is 0.500. The van der Waals surface area contributed by atoms with Gasteiger partial charge in [-0.05, 0) is 29.3 Å². The number of halogens is 5. The molecule has 0 heterocycles. The molecule has 0 aromatic heterocycles. The quantitative estimate of drug-likeness (QED) is 0.543. The summed E-state index contributed by atoms with van der Waals surface area (Å²) in [5.74, 6) is -1.06. The normalized spacial score (nSPS) is 15.2. The van der Waals surface area contributed by atoms with Crippen LogP contribution in [0, 0.1) is 5.92 Å². The Morgan fingerprint density at radius 1 is 1.30 bits per heavy atom. The minimum atomic E-state index is -3.29. The number of alkyl halides is 3. The third-order valence-electron chi connectivity index (χ3n) is 2.83. The lowest BCUT2D eigenvalue weighted by molar-refractivity contribution is 0.0355. The molecule has 0 aliphatic heterocycles. The first-order chi connectivity index (χ1) is 9.12. The molecule has 0 saturated carbocycles. The second-order valence-corrected chi connectivity index (χ2v) is 5.83. The molecule has 1 aromatic carbocycles. The van der Waals surface area contributed by atoms with Crippen LogP contribution in [0.1, 0.15) is 18.6 Å². The molecule has 1 rings (SSSR count). The van der Waals surface area contributed by atoms with E-state index in [1.807, 2.05) is 0 Å². The summed E-state index contributed by atoms with van der Waals surface area (Å²) < 4.78 is 25.5. The number of hydrogen-bond acceptors (Lipinski definition) is 3. The summed E-state index contributed by atoms with van der Waals surface area (Å²) in [5, 5.41) is 9.82. The lowest BCUT2D eigenvalue weighted by Gasteiger charge is -2.19. The number of anilines is 1. The molecule has 114 valence electrons. The van der Waals surface area contributed by atoms with Crippen LogP contribution in [0.4, 0.5) is 14.5 Å².